The zero-order valence-electron chi connectivity index (χ0n) is 16.3. The van der Waals surface area contributed by atoms with E-state index in [1.807, 2.05) is 50.2 Å². The van der Waals surface area contributed by atoms with Crippen LogP contribution in [-0.4, -0.2) is 23.9 Å². The molecular weight excluding hydrogens is 320 g/mol. The molecule has 0 aliphatic carbocycles. The van der Waals surface area contributed by atoms with Crippen molar-refractivity contribution in [3.63, 3.8) is 0 Å². The van der Waals surface area contributed by atoms with Crippen LogP contribution < -0.4 is 5.32 Å². The molecule has 0 saturated carbocycles. The van der Waals surface area contributed by atoms with Gasteiger partial charge in [-0.3, -0.25) is 9.69 Å². The first kappa shape index (κ1) is 18.7. The summed E-state index contributed by atoms with van der Waals surface area (Å²) in [6.07, 6.45) is 1.23. The summed E-state index contributed by atoms with van der Waals surface area (Å²) in [5.74, 6) is 1.28. The molecule has 1 aliphatic rings. The fourth-order valence-corrected chi connectivity index (χ4v) is 4.29. The molecule has 3 atom stereocenters. The molecule has 0 radical (unpaired) electrons. The maximum Gasteiger partial charge on any atom is 0.246 e. The number of amides is 1. The number of nitrogens with one attached hydrogen (secondary N) is 1. The number of para-hydroxylation sites is 1. The minimum absolute atomic E-state index is 0.0647. The molecule has 1 saturated heterocycles. The summed E-state index contributed by atoms with van der Waals surface area (Å²) in [4.78, 5) is 15.7. The molecule has 138 valence electrons. The van der Waals surface area contributed by atoms with Crippen LogP contribution in [0.1, 0.15) is 43.0 Å². The van der Waals surface area contributed by atoms with E-state index in [2.05, 4.69) is 36.2 Å². The molecule has 1 N–H and O–H groups in total. The predicted molar refractivity (Wildman–Crippen MR) is 108 cm³/mol. The molecule has 2 aromatic rings. The van der Waals surface area contributed by atoms with Gasteiger partial charge in [-0.25, -0.2) is 0 Å². The summed E-state index contributed by atoms with van der Waals surface area (Å²) in [6, 6.07) is 16.1. The molecule has 0 spiro atoms. The van der Waals surface area contributed by atoms with Crippen molar-refractivity contribution in [2.24, 2.45) is 11.8 Å². The molecule has 0 bridgehead atoms. The van der Waals surface area contributed by atoms with Crippen molar-refractivity contribution in [2.45, 2.75) is 40.2 Å². The van der Waals surface area contributed by atoms with Gasteiger partial charge in [-0.2, -0.15) is 0 Å². The van der Waals surface area contributed by atoms with Gasteiger partial charge in [0.25, 0.3) is 0 Å². The number of nitrogens with zero attached hydrogens (tertiary/aromatic N) is 1. The molecule has 0 unspecified atom stereocenters. The Morgan fingerprint density at radius 2 is 1.54 bits per heavy atom. The summed E-state index contributed by atoms with van der Waals surface area (Å²) in [5.41, 5.74) is 4.21. The lowest BCUT2D eigenvalue weighted by Crippen LogP contribution is -2.45. The molecule has 26 heavy (non-hydrogen) atoms. The van der Waals surface area contributed by atoms with E-state index in [1.165, 1.54) is 6.42 Å². The Labute approximate surface area is 157 Å². The Bertz CT molecular complexity index is 726. The number of rotatable bonds is 4. The first-order chi connectivity index (χ1) is 12.5. The SMILES string of the molecule is Cc1cccc(C)c1NC(=O)[C@H](c1ccccc1)N1C[C@@H](C)C[C@H](C)C1. The Balaban J connectivity index is 1.91. The molecule has 3 rings (SSSR count). The van der Waals surface area contributed by atoms with Crippen LogP contribution in [0, 0.1) is 25.7 Å². The molecule has 2 aromatic carbocycles. The van der Waals surface area contributed by atoms with Crippen molar-refractivity contribution in [2.75, 3.05) is 18.4 Å². The first-order valence-electron chi connectivity index (χ1n) is 9.61. The largest absolute Gasteiger partial charge is 0.324 e. The van der Waals surface area contributed by atoms with Crippen molar-refractivity contribution in [1.29, 1.82) is 0 Å². The monoisotopic (exact) mass is 350 g/mol. The van der Waals surface area contributed by atoms with Crippen molar-refractivity contribution >= 4 is 11.6 Å². The molecular formula is C23H30N2O. The van der Waals surface area contributed by atoms with Gasteiger partial charge in [0.15, 0.2) is 0 Å². The normalized spacial score (nSPS) is 22.0. The summed E-state index contributed by atoms with van der Waals surface area (Å²) in [6.45, 7) is 10.6. The smallest absolute Gasteiger partial charge is 0.246 e. The van der Waals surface area contributed by atoms with Gasteiger partial charge < -0.3 is 5.32 Å². The predicted octanol–water partition coefficient (Wildman–Crippen LogP) is 4.96. The van der Waals surface area contributed by atoms with Gasteiger partial charge in [0, 0.05) is 18.8 Å². The Hall–Kier alpha value is -2.13. The second-order valence-corrected chi connectivity index (χ2v) is 7.97. The topological polar surface area (TPSA) is 32.3 Å². The third-order valence-corrected chi connectivity index (χ3v) is 5.36. The maximum atomic E-state index is 13.4. The van der Waals surface area contributed by atoms with Gasteiger partial charge in [-0.15, -0.1) is 0 Å². The number of hydrogen-bond acceptors (Lipinski definition) is 2. The van der Waals surface area contributed by atoms with E-state index < -0.39 is 0 Å². The van der Waals surface area contributed by atoms with E-state index in [1.54, 1.807) is 0 Å². The highest BCUT2D eigenvalue weighted by Gasteiger charge is 2.33. The van der Waals surface area contributed by atoms with Gasteiger partial charge >= 0.3 is 0 Å². The fraction of sp³-hybridized carbons (Fsp3) is 0.435. The minimum atomic E-state index is -0.250. The number of benzene rings is 2. The first-order valence-corrected chi connectivity index (χ1v) is 9.61. The number of likely N-dealkylation sites (tertiary alicyclic amines) is 1. The zero-order valence-corrected chi connectivity index (χ0v) is 16.3. The molecule has 3 nitrogen and oxygen atoms in total. The lowest BCUT2D eigenvalue weighted by atomic mass is 9.89. The average Bonchev–Trinajstić information content (AvgIpc) is 2.59. The standard InChI is InChI=1S/C23H30N2O/c1-16-13-17(2)15-25(14-16)22(20-11-6-5-7-12-20)23(26)24-21-18(3)9-8-10-19(21)4/h5-12,16-17,22H,13-15H2,1-4H3,(H,24,26)/t16-,17-,22-/m0/s1. The highest BCUT2D eigenvalue weighted by molar-refractivity contribution is 5.96. The Morgan fingerprint density at radius 1 is 0.962 bits per heavy atom. The lowest BCUT2D eigenvalue weighted by Gasteiger charge is -2.39. The highest BCUT2D eigenvalue weighted by atomic mass is 16.2. The second kappa shape index (κ2) is 8.05. The summed E-state index contributed by atoms with van der Waals surface area (Å²) in [7, 11) is 0. The zero-order chi connectivity index (χ0) is 18.7. The molecule has 3 heteroatoms. The number of hydrogen-bond donors (Lipinski definition) is 1. The second-order valence-electron chi connectivity index (χ2n) is 7.97. The van der Waals surface area contributed by atoms with Gasteiger partial charge in [0.2, 0.25) is 5.91 Å². The van der Waals surface area contributed by atoms with E-state index in [-0.39, 0.29) is 11.9 Å². The minimum Gasteiger partial charge on any atom is -0.324 e. The summed E-state index contributed by atoms with van der Waals surface area (Å²) >= 11 is 0. The molecule has 1 fully saturated rings. The van der Waals surface area contributed by atoms with Crippen molar-refractivity contribution in [3.05, 3.63) is 65.2 Å². The van der Waals surface area contributed by atoms with Gasteiger partial charge in [-0.05, 0) is 48.8 Å². The maximum absolute atomic E-state index is 13.4. The van der Waals surface area contributed by atoms with Crippen molar-refractivity contribution in [3.8, 4) is 0 Å². The summed E-state index contributed by atoms with van der Waals surface area (Å²) in [5, 5.41) is 3.22. The molecule has 0 aromatic heterocycles. The molecule has 1 aliphatic heterocycles. The Morgan fingerprint density at radius 3 is 2.12 bits per heavy atom. The molecule has 1 heterocycles. The van der Waals surface area contributed by atoms with Crippen LogP contribution in [0.4, 0.5) is 5.69 Å². The number of aryl methyl sites for hydroxylation is 2. The van der Waals surface area contributed by atoms with Crippen LogP contribution in [0.25, 0.3) is 0 Å². The highest BCUT2D eigenvalue weighted by Crippen LogP contribution is 2.31. The number of piperidine rings is 1. The van der Waals surface area contributed by atoms with Crippen molar-refractivity contribution < 1.29 is 4.79 Å². The van der Waals surface area contributed by atoms with Crippen LogP contribution in [0.2, 0.25) is 0 Å². The van der Waals surface area contributed by atoms with Gasteiger partial charge in [0.1, 0.15) is 6.04 Å². The van der Waals surface area contributed by atoms with Crippen LogP contribution in [-0.2, 0) is 4.79 Å². The van der Waals surface area contributed by atoms with E-state index >= 15 is 0 Å². The van der Waals surface area contributed by atoms with Crippen LogP contribution in [0.5, 0.6) is 0 Å². The van der Waals surface area contributed by atoms with E-state index in [0.717, 1.165) is 35.5 Å². The Kier molecular flexibility index (Phi) is 5.77. The van der Waals surface area contributed by atoms with Crippen LogP contribution >= 0.6 is 0 Å². The fourth-order valence-electron chi connectivity index (χ4n) is 4.29. The third kappa shape index (κ3) is 4.16. The van der Waals surface area contributed by atoms with E-state index in [9.17, 15) is 4.79 Å². The van der Waals surface area contributed by atoms with Crippen molar-refractivity contribution in [1.82, 2.24) is 4.90 Å². The van der Waals surface area contributed by atoms with Crippen LogP contribution in [0.3, 0.4) is 0 Å². The quantitative estimate of drug-likeness (QED) is 0.845. The summed E-state index contributed by atoms with van der Waals surface area (Å²) < 4.78 is 0. The van der Waals surface area contributed by atoms with Gasteiger partial charge in [-0.1, -0.05) is 62.4 Å². The lowest BCUT2D eigenvalue weighted by molar-refractivity contribution is -0.122. The number of carbonyl (C=O) groups is 1. The van der Waals surface area contributed by atoms with Crippen LogP contribution in [0.15, 0.2) is 48.5 Å². The number of carbonyl (C=O) groups excluding carboxylic acids is 1. The van der Waals surface area contributed by atoms with Gasteiger partial charge in [0.05, 0.1) is 0 Å². The van der Waals surface area contributed by atoms with E-state index in [4.69, 9.17) is 0 Å². The van der Waals surface area contributed by atoms with E-state index in [0.29, 0.717) is 11.8 Å². The number of anilines is 1. The average molecular weight is 351 g/mol. The molecule has 1 amide bonds. The third-order valence-electron chi connectivity index (χ3n) is 5.36.